The minimum atomic E-state index is -0.932. The molecule has 0 radical (unpaired) electrons. The van der Waals surface area contributed by atoms with E-state index in [1.807, 2.05) is 13.8 Å². The number of hydrogen-bond donors (Lipinski definition) is 0. The van der Waals surface area contributed by atoms with E-state index in [-0.39, 0.29) is 34.0 Å². The van der Waals surface area contributed by atoms with Crippen molar-refractivity contribution in [3.8, 4) is 0 Å². The molecular weight excluding hydrogens is 495 g/mol. The van der Waals surface area contributed by atoms with Crippen LogP contribution in [0.5, 0.6) is 0 Å². The number of aliphatic carboxylic acids is 2. The van der Waals surface area contributed by atoms with E-state index in [4.69, 9.17) is 0 Å². The first-order chi connectivity index (χ1) is 15.0. The number of benzene rings is 2. The van der Waals surface area contributed by atoms with Crippen molar-refractivity contribution >= 4 is 33.1 Å². The summed E-state index contributed by atoms with van der Waals surface area (Å²) in [7, 11) is 0. The molecule has 2 aromatic rings. The zero-order valence-corrected chi connectivity index (χ0v) is 21.8. The molecule has 0 spiro atoms. The fourth-order valence-electron chi connectivity index (χ4n) is 2.58. The van der Waals surface area contributed by atoms with E-state index in [0.29, 0.717) is 0 Å². The van der Waals surface area contributed by atoms with Crippen LogP contribution in [0, 0.1) is 0 Å². The predicted molar refractivity (Wildman–Crippen MR) is 124 cm³/mol. The number of carboxylic acid groups (broad SMARTS) is 2. The van der Waals surface area contributed by atoms with Crippen LogP contribution in [0.4, 0.5) is 0 Å². The van der Waals surface area contributed by atoms with Crippen LogP contribution in [-0.2, 0) is 18.5 Å². The molecule has 0 unspecified atom stereocenters. The van der Waals surface area contributed by atoms with Crippen LogP contribution >= 0.6 is 0 Å². The van der Waals surface area contributed by atoms with Gasteiger partial charge in [0, 0.05) is 11.9 Å². The quantitative estimate of drug-likeness (QED) is 0.309. The summed E-state index contributed by atoms with van der Waals surface area (Å²) in [5.41, 5.74) is 3.03. The Hall–Kier alpha value is -1.82. The van der Waals surface area contributed by atoms with Gasteiger partial charge < -0.3 is 19.8 Å². The molecule has 0 saturated carbocycles. The Morgan fingerprint density at radius 3 is 1.29 bits per heavy atom. The van der Waals surface area contributed by atoms with Crippen LogP contribution in [0.1, 0.15) is 76.3 Å². The summed E-state index contributed by atoms with van der Waals surface area (Å²) in [6.45, 7) is 4.07. The van der Waals surface area contributed by atoms with Crippen LogP contribution in [-0.4, -0.2) is 33.1 Å². The monoisotopic (exact) mass is 532 g/mol. The van der Waals surface area contributed by atoms with Crippen LogP contribution in [0.15, 0.2) is 60.7 Å². The van der Waals surface area contributed by atoms with Gasteiger partial charge in [0.25, 0.3) is 0 Å². The predicted octanol–water partition coefficient (Wildman–Crippen LogP) is 3.72. The van der Waals surface area contributed by atoms with Gasteiger partial charge in [-0.2, -0.15) is 0 Å². The third-order valence-corrected chi connectivity index (χ3v) is 8.07. The topological polar surface area (TPSA) is 80.3 Å². The number of carbonyl (C=O) groups is 2. The van der Waals surface area contributed by atoms with Gasteiger partial charge in [-0.25, -0.2) is 0 Å². The van der Waals surface area contributed by atoms with Gasteiger partial charge in [-0.15, -0.1) is 0 Å². The number of hydrogen-bond acceptors (Lipinski definition) is 4. The van der Waals surface area contributed by atoms with Gasteiger partial charge in [-0.3, -0.25) is 0 Å². The van der Waals surface area contributed by atoms with Crippen LogP contribution in [0.2, 0.25) is 0 Å². The Balaban J connectivity index is 0.000000483. The van der Waals surface area contributed by atoms with Crippen LogP contribution in [0.3, 0.4) is 0 Å². The third-order valence-electron chi connectivity index (χ3n) is 4.31. The van der Waals surface area contributed by atoms with Crippen molar-refractivity contribution in [1.29, 1.82) is 0 Å². The summed E-state index contributed by atoms with van der Waals surface area (Å²) in [5.74, 6) is -1.86. The molecule has 0 heterocycles. The van der Waals surface area contributed by atoms with Crippen molar-refractivity contribution in [2.75, 3.05) is 0 Å². The Morgan fingerprint density at radius 1 is 0.645 bits per heavy atom. The normalized spacial score (nSPS) is 9.35. The fourth-order valence-corrected chi connectivity index (χ4v) is 5.93. The zero-order chi connectivity index (χ0) is 23.2. The van der Waals surface area contributed by atoms with Crippen molar-refractivity contribution < 1.29 is 19.8 Å². The Bertz CT molecular complexity index is 615. The Kier molecular flexibility index (Phi) is 20.2. The molecule has 0 aromatic heterocycles. The van der Waals surface area contributed by atoms with Gasteiger partial charge in [0.1, 0.15) is 0 Å². The molecule has 0 saturated heterocycles. The summed E-state index contributed by atoms with van der Waals surface area (Å²) in [6, 6.07) is 21.7. The number of carbonyl (C=O) groups excluding carboxylic acids is 2. The van der Waals surface area contributed by atoms with Gasteiger partial charge in [0.15, 0.2) is 0 Å². The molecule has 2 rings (SSSR count). The second kappa shape index (κ2) is 21.4. The van der Waals surface area contributed by atoms with E-state index < -0.39 is 11.9 Å². The molecule has 168 valence electrons. The molecule has 0 aliphatic heterocycles. The van der Waals surface area contributed by atoms with E-state index >= 15 is 0 Å². The number of unbranched alkanes of at least 4 members (excludes halogenated alkanes) is 4. The molecule has 5 heteroatoms. The molecular formula is C26H36O4Sn. The van der Waals surface area contributed by atoms with Crippen molar-refractivity contribution in [3.63, 3.8) is 0 Å². The first kappa shape index (κ1) is 29.2. The molecule has 31 heavy (non-hydrogen) atoms. The number of rotatable bonds is 12. The Labute approximate surface area is 198 Å². The Morgan fingerprint density at radius 2 is 1.00 bits per heavy atom. The van der Waals surface area contributed by atoms with Crippen molar-refractivity contribution in [2.24, 2.45) is 0 Å². The van der Waals surface area contributed by atoms with Gasteiger partial charge in [-0.1, -0.05) is 39.5 Å². The summed E-state index contributed by atoms with van der Waals surface area (Å²) in [6.07, 6.45) is 6.07. The van der Waals surface area contributed by atoms with Crippen molar-refractivity contribution in [3.05, 3.63) is 71.8 Å². The van der Waals surface area contributed by atoms with E-state index in [1.54, 1.807) is 0 Å². The van der Waals surface area contributed by atoms with Crippen LogP contribution < -0.4 is 10.2 Å². The second-order valence-electron chi connectivity index (χ2n) is 7.23. The average Bonchev–Trinajstić information content (AvgIpc) is 2.76. The average molecular weight is 531 g/mol. The van der Waals surface area contributed by atoms with Gasteiger partial charge in [0.05, 0.1) is 0 Å². The molecule has 0 aliphatic carbocycles. The maximum atomic E-state index is 9.76. The molecule has 0 atom stereocenters. The van der Waals surface area contributed by atoms with Gasteiger partial charge in [-0.05, 0) is 25.7 Å². The summed E-state index contributed by atoms with van der Waals surface area (Å²) < 4.78 is 2.69. The molecule has 0 amide bonds. The summed E-state index contributed by atoms with van der Waals surface area (Å²) in [5, 5.41) is 19.5. The van der Waals surface area contributed by atoms with Gasteiger partial charge in [0.2, 0.25) is 0 Å². The van der Waals surface area contributed by atoms with E-state index in [1.165, 1.54) is 20.0 Å². The summed E-state index contributed by atoms with van der Waals surface area (Å²) in [4.78, 5) is 19.5. The zero-order valence-electron chi connectivity index (χ0n) is 19.0. The summed E-state index contributed by atoms with van der Waals surface area (Å²) >= 11 is -0.258. The molecule has 0 bridgehead atoms. The molecule has 0 N–H and O–H groups in total. The molecule has 0 aliphatic rings. The van der Waals surface area contributed by atoms with E-state index in [2.05, 4.69) is 60.7 Å². The third kappa shape index (κ3) is 21.2. The number of carboxylic acids is 2. The first-order valence-electron chi connectivity index (χ1n) is 11.2. The van der Waals surface area contributed by atoms with E-state index in [9.17, 15) is 19.8 Å². The standard InChI is InChI=1S/2C7H7.2C6H12O2.Sn/c2*1-7-5-3-2-4-6-7;2*1-2-3-4-5-6(7)8;/h2*2-6H,1H2;2*2-5H2,1H3,(H,7,8);/q;;;;+2/p-2. The van der Waals surface area contributed by atoms with Crippen molar-refractivity contribution in [2.45, 2.75) is 74.1 Å². The van der Waals surface area contributed by atoms with Gasteiger partial charge >= 0.3 is 102 Å². The molecule has 4 nitrogen and oxygen atoms in total. The SMILES string of the molecule is CCCCCC(=O)[O-].CCCCCC(=O)[O-].c1ccc([CH2][Sn+2][CH2]c2ccccc2)cc1. The van der Waals surface area contributed by atoms with E-state index in [0.717, 1.165) is 38.5 Å². The van der Waals surface area contributed by atoms with Crippen LogP contribution in [0.25, 0.3) is 0 Å². The first-order valence-corrected chi connectivity index (χ1v) is 15.2. The molecule has 2 aromatic carbocycles. The fraction of sp³-hybridized carbons (Fsp3) is 0.462. The minimum absolute atomic E-state index is 0.216. The maximum absolute atomic E-state index is 9.76. The second-order valence-corrected chi connectivity index (χ2v) is 10.7. The molecule has 0 fully saturated rings. The van der Waals surface area contributed by atoms with Crippen molar-refractivity contribution in [1.82, 2.24) is 0 Å².